The number of nitrogens with zero attached hydrogens (tertiary/aromatic N) is 2. The number of likely N-dealkylation sites (N-methyl/N-ethyl adjacent to an activating group) is 1. The standard InChI is InChI=1S/C14H20N2O5S/c1-3-16(11-8-22(19,20)9-12(11)17)14(18)10-6-5-7-15-13(10)21-4-2/h5-7,11-12,17H,3-4,8-9H2,1-2H3/t11-,12-/m0/s1. The lowest BCUT2D eigenvalue weighted by atomic mass is 10.1. The van der Waals surface area contributed by atoms with Crippen molar-refractivity contribution < 1.29 is 23.1 Å². The van der Waals surface area contributed by atoms with E-state index in [1.54, 1.807) is 26.0 Å². The van der Waals surface area contributed by atoms with Gasteiger partial charge in [-0.05, 0) is 26.0 Å². The Balaban J connectivity index is 2.30. The predicted octanol–water partition coefficient (Wildman–Crippen LogP) is 0.100. The van der Waals surface area contributed by atoms with Crippen LogP contribution in [-0.4, -0.2) is 66.1 Å². The van der Waals surface area contributed by atoms with E-state index in [0.29, 0.717) is 6.61 Å². The van der Waals surface area contributed by atoms with E-state index in [1.165, 1.54) is 11.1 Å². The molecule has 0 saturated carbocycles. The van der Waals surface area contributed by atoms with Crippen molar-refractivity contribution in [2.45, 2.75) is 26.0 Å². The Morgan fingerprint density at radius 2 is 2.18 bits per heavy atom. The van der Waals surface area contributed by atoms with Gasteiger partial charge in [0, 0.05) is 12.7 Å². The summed E-state index contributed by atoms with van der Waals surface area (Å²) in [5.41, 5.74) is 0.266. The van der Waals surface area contributed by atoms with E-state index in [2.05, 4.69) is 4.98 Å². The Bertz CT molecular complexity index is 646. The van der Waals surface area contributed by atoms with Gasteiger partial charge in [-0.3, -0.25) is 4.79 Å². The number of hydrogen-bond donors (Lipinski definition) is 1. The second-order valence-electron chi connectivity index (χ2n) is 5.09. The van der Waals surface area contributed by atoms with E-state index in [1.807, 2.05) is 0 Å². The molecule has 0 spiro atoms. The number of pyridine rings is 1. The zero-order chi connectivity index (χ0) is 16.3. The average Bonchev–Trinajstić information content (AvgIpc) is 2.74. The molecular formula is C14H20N2O5S. The topological polar surface area (TPSA) is 96.8 Å². The maximum atomic E-state index is 12.7. The first-order valence-corrected chi connectivity index (χ1v) is 8.99. The van der Waals surface area contributed by atoms with Crippen molar-refractivity contribution in [3.05, 3.63) is 23.9 Å². The molecule has 22 heavy (non-hydrogen) atoms. The number of aromatic nitrogens is 1. The van der Waals surface area contributed by atoms with Crippen LogP contribution in [0, 0.1) is 0 Å². The average molecular weight is 328 g/mol. The van der Waals surface area contributed by atoms with Gasteiger partial charge < -0.3 is 14.7 Å². The minimum absolute atomic E-state index is 0.212. The van der Waals surface area contributed by atoms with Crippen molar-refractivity contribution >= 4 is 15.7 Å². The van der Waals surface area contributed by atoms with Crippen LogP contribution >= 0.6 is 0 Å². The van der Waals surface area contributed by atoms with Crippen molar-refractivity contribution in [1.82, 2.24) is 9.88 Å². The molecule has 1 fully saturated rings. The van der Waals surface area contributed by atoms with Crippen molar-refractivity contribution in [2.24, 2.45) is 0 Å². The Morgan fingerprint density at radius 3 is 2.73 bits per heavy atom. The van der Waals surface area contributed by atoms with Gasteiger partial charge in [-0.1, -0.05) is 0 Å². The van der Waals surface area contributed by atoms with Crippen LogP contribution in [0.25, 0.3) is 0 Å². The summed E-state index contributed by atoms with van der Waals surface area (Å²) in [7, 11) is -3.33. The second-order valence-corrected chi connectivity index (χ2v) is 7.25. The fourth-order valence-corrected chi connectivity index (χ4v) is 4.40. The molecule has 1 N–H and O–H groups in total. The zero-order valence-corrected chi connectivity index (χ0v) is 13.4. The van der Waals surface area contributed by atoms with Gasteiger partial charge in [0.15, 0.2) is 9.84 Å². The number of aliphatic hydroxyl groups is 1. The monoisotopic (exact) mass is 328 g/mol. The summed E-state index contributed by atoms with van der Waals surface area (Å²) in [6.45, 7) is 4.18. The number of sulfone groups is 1. The first kappa shape index (κ1) is 16.7. The van der Waals surface area contributed by atoms with Crippen LogP contribution in [0.2, 0.25) is 0 Å². The molecule has 2 atom stereocenters. The molecule has 0 radical (unpaired) electrons. The minimum atomic E-state index is -3.33. The summed E-state index contributed by atoms with van der Waals surface area (Å²) in [5, 5.41) is 9.97. The molecule has 0 unspecified atom stereocenters. The van der Waals surface area contributed by atoms with E-state index >= 15 is 0 Å². The number of rotatable bonds is 5. The highest BCUT2D eigenvalue weighted by Gasteiger charge is 2.41. The Morgan fingerprint density at radius 1 is 1.45 bits per heavy atom. The van der Waals surface area contributed by atoms with Gasteiger partial charge in [0.25, 0.3) is 5.91 Å². The lowest BCUT2D eigenvalue weighted by Crippen LogP contribution is -2.46. The maximum absolute atomic E-state index is 12.7. The van der Waals surface area contributed by atoms with Crippen LogP contribution in [0.5, 0.6) is 5.88 Å². The zero-order valence-electron chi connectivity index (χ0n) is 12.6. The van der Waals surface area contributed by atoms with Gasteiger partial charge in [-0.2, -0.15) is 0 Å². The van der Waals surface area contributed by atoms with Gasteiger partial charge in [0.2, 0.25) is 5.88 Å². The van der Waals surface area contributed by atoms with Crippen LogP contribution < -0.4 is 4.74 Å². The molecule has 1 aromatic rings. The first-order chi connectivity index (χ1) is 10.4. The Kier molecular flexibility index (Phi) is 5.02. The summed E-state index contributed by atoms with van der Waals surface area (Å²) < 4.78 is 28.7. The summed E-state index contributed by atoms with van der Waals surface area (Å²) >= 11 is 0. The smallest absolute Gasteiger partial charge is 0.259 e. The SMILES string of the molecule is CCOc1ncccc1C(=O)N(CC)[C@H]1CS(=O)(=O)C[C@@H]1O. The number of hydrogen-bond acceptors (Lipinski definition) is 6. The van der Waals surface area contributed by atoms with Gasteiger partial charge in [-0.15, -0.1) is 0 Å². The molecular weight excluding hydrogens is 308 g/mol. The molecule has 2 heterocycles. The third-order valence-corrected chi connectivity index (χ3v) is 5.28. The fraction of sp³-hybridized carbons (Fsp3) is 0.571. The number of carbonyl (C=O) groups is 1. The molecule has 1 aliphatic heterocycles. The maximum Gasteiger partial charge on any atom is 0.259 e. The predicted molar refractivity (Wildman–Crippen MR) is 80.6 cm³/mol. The Labute approximate surface area is 129 Å². The van der Waals surface area contributed by atoms with E-state index in [9.17, 15) is 18.3 Å². The summed E-state index contributed by atoms with van der Waals surface area (Å²) in [6.07, 6.45) is 0.452. The summed E-state index contributed by atoms with van der Waals surface area (Å²) in [6, 6.07) is 2.46. The minimum Gasteiger partial charge on any atom is -0.477 e. The molecule has 1 amide bonds. The third kappa shape index (κ3) is 3.38. The molecule has 122 valence electrons. The van der Waals surface area contributed by atoms with Crippen LogP contribution in [0.1, 0.15) is 24.2 Å². The number of amides is 1. The van der Waals surface area contributed by atoms with E-state index in [0.717, 1.165) is 0 Å². The fourth-order valence-electron chi connectivity index (χ4n) is 2.60. The van der Waals surface area contributed by atoms with Crippen LogP contribution in [0.3, 0.4) is 0 Å². The third-order valence-electron chi connectivity index (χ3n) is 3.58. The lowest BCUT2D eigenvalue weighted by molar-refractivity contribution is 0.0516. The van der Waals surface area contributed by atoms with Crippen molar-refractivity contribution in [3.63, 3.8) is 0 Å². The van der Waals surface area contributed by atoms with Gasteiger partial charge in [0.1, 0.15) is 5.56 Å². The normalized spacial score (nSPS) is 23.2. The molecule has 1 aliphatic rings. The quantitative estimate of drug-likeness (QED) is 0.823. The van der Waals surface area contributed by atoms with E-state index < -0.39 is 22.0 Å². The number of aliphatic hydroxyl groups excluding tert-OH is 1. The molecule has 8 heteroatoms. The van der Waals surface area contributed by atoms with E-state index in [4.69, 9.17) is 4.74 Å². The van der Waals surface area contributed by atoms with Gasteiger partial charge >= 0.3 is 0 Å². The molecule has 1 saturated heterocycles. The second kappa shape index (κ2) is 6.62. The van der Waals surface area contributed by atoms with Gasteiger partial charge in [-0.25, -0.2) is 13.4 Å². The van der Waals surface area contributed by atoms with E-state index in [-0.39, 0.29) is 35.4 Å². The molecule has 7 nitrogen and oxygen atoms in total. The highest BCUT2D eigenvalue weighted by atomic mass is 32.2. The lowest BCUT2D eigenvalue weighted by Gasteiger charge is -2.29. The van der Waals surface area contributed by atoms with Crippen molar-refractivity contribution in [2.75, 3.05) is 24.7 Å². The molecule has 1 aromatic heterocycles. The highest BCUT2D eigenvalue weighted by molar-refractivity contribution is 7.91. The Hall–Kier alpha value is -1.67. The summed E-state index contributed by atoms with van der Waals surface area (Å²) in [4.78, 5) is 18.1. The molecule has 0 aromatic carbocycles. The molecule has 2 rings (SSSR count). The molecule has 0 aliphatic carbocycles. The van der Waals surface area contributed by atoms with Crippen molar-refractivity contribution in [1.29, 1.82) is 0 Å². The largest absolute Gasteiger partial charge is 0.477 e. The van der Waals surface area contributed by atoms with Crippen LogP contribution in [0.15, 0.2) is 18.3 Å². The summed E-state index contributed by atoms with van der Waals surface area (Å²) in [5.74, 6) is -0.714. The highest BCUT2D eigenvalue weighted by Crippen LogP contribution is 2.23. The number of ether oxygens (including phenoxy) is 1. The van der Waals surface area contributed by atoms with Gasteiger partial charge in [0.05, 0.1) is 30.3 Å². The van der Waals surface area contributed by atoms with Crippen LogP contribution in [0.4, 0.5) is 0 Å². The number of carbonyl (C=O) groups excluding carboxylic acids is 1. The first-order valence-electron chi connectivity index (χ1n) is 7.17. The molecule has 0 bridgehead atoms. The van der Waals surface area contributed by atoms with Crippen LogP contribution in [-0.2, 0) is 9.84 Å². The van der Waals surface area contributed by atoms with Crippen molar-refractivity contribution in [3.8, 4) is 5.88 Å².